The first-order valence-electron chi connectivity index (χ1n) is 7.32. The molecule has 0 aliphatic rings. The number of anilines is 3. The number of ether oxygens (including phenoxy) is 1. The molecule has 0 fully saturated rings. The van der Waals surface area contributed by atoms with Gasteiger partial charge in [0.15, 0.2) is 5.82 Å². The van der Waals surface area contributed by atoms with Gasteiger partial charge in [0.1, 0.15) is 11.6 Å². The van der Waals surface area contributed by atoms with E-state index in [-0.39, 0.29) is 5.82 Å². The lowest BCUT2D eigenvalue weighted by molar-refractivity contribution is 0.410. The van der Waals surface area contributed by atoms with Crippen LogP contribution in [0.3, 0.4) is 0 Å². The fraction of sp³-hybridized carbons (Fsp3) is 0.118. The molecule has 2 N–H and O–H groups in total. The first-order chi connectivity index (χ1) is 11.7. The smallest absolute Gasteiger partial charge is 0.244 e. The molecule has 0 saturated heterocycles. The maximum atomic E-state index is 13.2. The third-order valence-electron chi connectivity index (χ3n) is 3.29. The summed E-state index contributed by atoms with van der Waals surface area (Å²) in [6.07, 6.45) is 1.47. The Balaban J connectivity index is 1.69. The zero-order valence-electron chi connectivity index (χ0n) is 13.0. The molecule has 3 aromatic rings. The van der Waals surface area contributed by atoms with Crippen LogP contribution in [0, 0.1) is 5.82 Å². The van der Waals surface area contributed by atoms with E-state index in [2.05, 4.69) is 25.8 Å². The summed E-state index contributed by atoms with van der Waals surface area (Å²) in [6, 6.07) is 13.8. The molecule has 6 nitrogen and oxygen atoms in total. The maximum absolute atomic E-state index is 13.2. The minimum atomic E-state index is -0.323. The first-order valence-corrected chi connectivity index (χ1v) is 7.32. The van der Waals surface area contributed by atoms with Crippen molar-refractivity contribution in [2.45, 2.75) is 6.54 Å². The normalized spacial score (nSPS) is 10.2. The number of hydrogen-bond donors (Lipinski definition) is 2. The van der Waals surface area contributed by atoms with Crippen molar-refractivity contribution in [2.24, 2.45) is 0 Å². The lowest BCUT2D eigenvalue weighted by Gasteiger charge is -2.10. The van der Waals surface area contributed by atoms with Crippen LogP contribution in [0.1, 0.15) is 5.56 Å². The SMILES string of the molecule is COc1ccccc1CNc1nncc(Nc2cccc(F)c2)n1. The van der Waals surface area contributed by atoms with E-state index in [1.807, 2.05) is 24.3 Å². The van der Waals surface area contributed by atoms with Gasteiger partial charge in [-0.3, -0.25) is 0 Å². The minimum absolute atomic E-state index is 0.323. The van der Waals surface area contributed by atoms with E-state index >= 15 is 0 Å². The van der Waals surface area contributed by atoms with Crippen molar-refractivity contribution in [3.05, 3.63) is 66.1 Å². The molecule has 0 bridgehead atoms. The van der Waals surface area contributed by atoms with Crippen LogP contribution in [-0.4, -0.2) is 22.3 Å². The van der Waals surface area contributed by atoms with Gasteiger partial charge in [0.05, 0.1) is 13.3 Å². The molecule has 0 radical (unpaired) electrons. The summed E-state index contributed by atoms with van der Waals surface area (Å²) in [6.45, 7) is 0.495. The van der Waals surface area contributed by atoms with Crippen LogP contribution in [-0.2, 0) is 6.54 Å². The van der Waals surface area contributed by atoms with E-state index in [1.54, 1.807) is 19.2 Å². The van der Waals surface area contributed by atoms with Crippen LogP contribution in [0.5, 0.6) is 5.75 Å². The molecule has 0 saturated carbocycles. The summed E-state index contributed by atoms with van der Waals surface area (Å²) in [5.74, 6) is 1.30. The number of benzene rings is 2. The summed E-state index contributed by atoms with van der Waals surface area (Å²) in [7, 11) is 1.63. The predicted molar refractivity (Wildman–Crippen MR) is 89.8 cm³/mol. The number of aromatic nitrogens is 3. The van der Waals surface area contributed by atoms with Gasteiger partial charge in [-0.1, -0.05) is 24.3 Å². The summed E-state index contributed by atoms with van der Waals surface area (Å²) < 4.78 is 18.5. The summed E-state index contributed by atoms with van der Waals surface area (Å²) in [5.41, 5.74) is 1.57. The average Bonchev–Trinajstić information content (AvgIpc) is 2.60. The van der Waals surface area contributed by atoms with Crippen molar-refractivity contribution in [1.82, 2.24) is 15.2 Å². The third kappa shape index (κ3) is 3.95. The molecule has 0 unspecified atom stereocenters. The molecule has 0 aliphatic carbocycles. The van der Waals surface area contributed by atoms with E-state index in [9.17, 15) is 4.39 Å². The van der Waals surface area contributed by atoms with Gasteiger partial charge < -0.3 is 15.4 Å². The molecule has 7 heteroatoms. The summed E-state index contributed by atoms with van der Waals surface area (Å²) in [4.78, 5) is 4.31. The van der Waals surface area contributed by atoms with E-state index in [0.717, 1.165) is 11.3 Å². The Hall–Kier alpha value is -3.22. The van der Waals surface area contributed by atoms with Gasteiger partial charge in [0.25, 0.3) is 0 Å². The Morgan fingerprint density at radius 2 is 2.00 bits per heavy atom. The predicted octanol–water partition coefficient (Wildman–Crippen LogP) is 3.38. The van der Waals surface area contributed by atoms with Crippen LogP contribution < -0.4 is 15.4 Å². The highest BCUT2D eigenvalue weighted by molar-refractivity contribution is 5.55. The molecular formula is C17H16FN5O. The highest BCUT2D eigenvalue weighted by Gasteiger charge is 2.05. The van der Waals surface area contributed by atoms with Crippen molar-refractivity contribution in [3.8, 4) is 5.75 Å². The van der Waals surface area contributed by atoms with Crippen molar-refractivity contribution < 1.29 is 9.13 Å². The third-order valence-corrected chi connectivity index (χ3v) is 3.29. The molecule has 0 aliphatic heterocycles. The average molecular weight is 325 g/mol. The summed E-state index contributed by atoms with van der Waals surface area (Å²) in [5, 5.41) is 13.9. The molecule has 2 aromatic carbocycles. The highest BCUT2D eigenvalue weighted by atomic mass is 19.1. The van der Waals surface area contributed by atoms with Gasteiger partial charge >= 0.3 is 0 Å². The molecule has 24 heavy (non-hydrogen) atoms. The first kappa shape index (κ1) is 15.7. The number of rotatable bonds is 6. The zero-order chi connectivity index (χ0) is 16.8. The summed E-state index contributed by atoms with van der Waals surface area (Å²) >= 11 is 0. The van der Waals surface area contributed by atoms with Gasteiger partial charge in [-0.05, 0) is 24.3 Å². The maximum Gasteiger partial charge on any atom is 0.244 e. The second-order valence-electron chi connectivity index (χ2n) is 4.97. The zero-order valence-corrected chi connectivity index (χ0v) is 13.0. The van der Waals surface area contributed by atoms with Crippen LogP contribution >= 0.6 is 0 Å². The largest absolute Gasteiger partial charge is 0.496 e. The van der Waals surface area contributed by atoms with Crippen LogP contribution in [0.15, 0.2) is 54.7 Å². The second kappa shape index (κ2) is 7.36. The van der Waals surface area contributed by atoms with Gasteiger partial charge in [0, 0.05) is 17.8 Å². The molecule has 3 rings (SSSR count). The number of nitrogens with one attached hydrogen (secondary N) is 2. The Morgan fingerprint density at radius 3 is 2.83 bits per heavy atom. The Bertz CT molecular complexity index is 827. The molecule has 122 valence electrons. The van der Waals surface area contributed by atoms with Gasteiger partial charge in [-0.15, -0.1) is 5.10 Å². The topological polar surface area (TPSA) is 72.0 Å². The van der Waals surface area contributed by atoms with E-state index in [4.69, 9.17) is 4.74 Å². The molecule has 1 aromatic heterocycles. The van der Waals surface area contributed by atoms with Crippen molar-refractivity contribution >= 4 is 17.5 Å². The van der Waals surface area contributed by atoms with Gasteiger partial charge in [0.2, 0.25) is 5.95 Å². The fourth-order valence-corrected chi connectivity index (χ4v) is 2.18. The Labute approximate surface area is 138 Å². The van der Waals surface area contributed by atoms with E-state index in [1.165, 1.54) is 18.3 Å². The van der Waals surface area contributed by atoms with Crippen molar-refractivity contribution in [3.63, 3.8) is 0 Å². The lowest BCUT2D eigenvalue weighted by atomic mass is 10.2. The number of nitrogens with zero attached hydrogens (tertiary/aromatic N) is 3. The number of methoxy groups -OCH3 is 1. The van der Waals surface area contributed by atoms with Crippen LogP contribution in [0.2, 0.25) is 0 Å². The number of hydrogen-bond acceptors (Lipinski definition) is 6. The molecular weight excluding hydrogens is 309 g/mol. The quantitative estimate of drug-likeness (QED) is 0.724. The lowest BCUT2D eigenvalue weighted by Crippen LogP contribution is -2.07. The molecule has 1 heterocycles. The molecule has 0 atom stereocenters. The van der Waals surface area contributed by atoms with Crippen LogP contribution in [0.25, 0.3) is 0 Å². The van der Waals surface area contributed by atoms with E-state index < -0.39 is 0 Å². The minimum Gasteiger partial charge on any atom is -0.496 e. The molecule has 0 amide bonds. The second-order valence-corrected chi connectivity index (χ2v) is 4.97. The van der Waals surface area contributed by atoms with Crippen molar-refractivity contribution in [2.75, 3.05) is 17.7 Å². The number of halogens is 1. The Morgan fingerprint density at radius 1 is 1.12 bits per heavy atom. The Kier molecular flexibility index (Phi) is 4.81. The van der Waals surface area contributed by atoms with Crippen LogP contribution in [0.4, 0.5) is 21.8 Å². The highest BCUT2D eigenvalue weighted by Crippen LogP contribution is 2.19. The standard InChI is InChI=1S/C17H16FN5O/c1-24-15-8-3-2-5-12(15)10-19-17-22-16(11-20-23-17)21-14-7-4-6-13(18)9-14/h2-9,11H,10H2,1H3,(H2,19,21,22,23). The number of para-hydroxylation sites is 1. The van der Waals surface area contributed by atoms with Gasteiger partial charge in [-0.25, -0.2) is 4.39 Å². The fourth-order valence-electron chi connectivity index (χ4n) is 2.18. The monoisotopic (exact) mass is 325 g/mol. The molecule has 0 spiro atoms. The van der Waals surface area contributed by atoms with Crippen molar-refractivity contribution in [1.29, 1.82) is 0 Å². The van der Waals surface area contributed by atoms with E-state index in [0.29, 0.717) is 24.0 Å². The van der Waals surface area contributed by atoms with Gasteiger partial charge in [-0.2, -0.15) is 10.1 Å².